The van der Waals surface area contributed by atoms with Gasteiger partial charge in [0.25, 0.3) is 5.56 Å². The third kappa shape index (κ3) is 3.15. The average molecular weight is 351 g/mol. The highest BCUT2D eigenvalue weighted by Crippen LogP contribution is 2.17. The first-order chi connectivity index (χ1) is 12.6. The van der Waals surface area contributed by atoms with E-state index in [9.17, 15) is 4.79 Å². The van der Waals surface area contributed by atoms with Gasteiger partial charge in [-0.2, -0.15) is 5.21 Å². The molecule has 3 aromatic rings. The molecule has 0 aliphatic carbocycles. The van der Waals surface area contributed by atoms with Crippen molar-refractivity contribution < 1.29 is 0 Å². The molecule has 0 spiro atoms. The first kappa shape index (κ1) is 16.6. The number of fused-ring (bicyclic) bond motifs is 1. The van der Waals surface area contributed by atoms with Crippen molar-refractivity contribution in [3.63, 3.8) is 0 Å². The molecule has 26 heavy (non-hydrogen) atoms. The van der Waals surface area contributed by atoms with Gasteiger partial charge in [-0.15, -0.1) is 10.2 Å². The highest BCUT2D eigenvalue weighted by Gasteiger charge is 2.19. The van der Waals surface area contributed by atoms with Crippen molar-refractivity contribution in [2.45, 2.75) is 26.3 Å². The van der Waals surface area contributed by atoms with Crippen LogP contribution in [0.15, 0.2) is 29.1 Å². The summed E-state index contributed by atoms with van der Waals surface area (Å²) in [7, 11) is 1.79. The van der Waals surface area contributed by atoms with Gasteiger partial charge in [0, 0.05) is 44.2 Å². The first-order valence-corrected chi connectivity index (χ1v) is 8.72. The van der Waals surface area contributed by atoms with Crippen LogP contribution in [0.5, 0.6) is 0 Å². The molecule has 0 saturated carbocycles. The van der Waals surface area contributed by atoms with E-state index >= 15 is 0 Å². The fraction of sp³-hybridized carbons (Fsp3) is 0.389. The van der Waals surface area contributed by atoms with Gasteiger partial charge in [0.15, 0.2) is 0 Å². The zero-order valence-electron chi connectivity index (χ0n) is 14.9. The number of aromatic amines is 1. The highest BCUT2D eigenvalue weighted by molar-refractivity contribution is 5.54. The fourth-order valence-electron chi connectivity index (χ4n) is 3.37. The smallest absolute Gasteiger partial charge is 0.256 e. The van der Waals surface area contributed by atoms with E-state index in [1.807, 2.05) is 19.1 Å². The lowest BCUT2D eigenvalue weighted by molar-refractivity contribution is 0.279. The lowest BCUT2D eigenvalue weighted by atomic mass is 10.1. The Labute approximate surface area is 150 Å². The lowest BCUT2D eigenvalue weighted by Gasteiger charge is -2.19. The van der Waals surface area contributed by atoms with E-state index in [1.54, 1.807) is 11.6 Å². The van der Waals surface area contributed by atoms with Gasteiger partial charge in [-0.25, -0.2) is 4.98 Å². The lowest BCUT2D eigenvalue weighted by Crippen LogP contribution is -2.28. The number of nitrogens with zero attached hydrogens (tertiary/aromatic N) is 6. The van der Waals surface area contributed by atoms with Crippen molar-refractivity contribution in [1.29, 1.82) is 0 Å². The van der Waals surface area contributed by atoms with Crippen LogP contribution in [0.1, 0.15) is 22.6 Å². The molecule has 134 valence electrons. The van der Waals surface area contributed by atoms with Crippen molar-refractivity contribution in [3.05, 3.63) is 57.3 Å². The van der Waals surface area contributed by atoms with Gasteiger partial charge in [-0.1, -0.05) is 24.3 Å². The molecule has 8 heteroatoms. The molecule has 0 atom stereocenters. The van der Waals surface area contributed by atoms with Crippen LogP contribution >= 0.6 is 0 Å². The van der Waals surface area contributed by atoms with Crippen LogP contribution in [-0.2, 0) is 26.4 Å². The predicted molar refractivity (Wildman–Crippen MR) is 96.5 cm³/mol. The van der Waals surface area contributed by atoms with Gasteiger partial charge >= 0.3 is 0 Å². The van der Waals surface area contributed by atoms with E-state index in [1.165, 1.54) is 5.56 Å². The molecule has 0 saturated heterocycles. The summed E-state index contributed by atoms with van der Waals surface area (Å²) in [5.41, 5.74) is 4.08. The van der Waals surface area contributed by atoms with Gasteiger partial charge in [0.05, 0.1) is 5.69 Å². The van der Waals surface area contributed by atoms with Crippen molar-refractivity contribution in [2.24, 2.45) is 7.05 Å². The molecular weight excluding hydrogens is 330 g/mol. The second-order valence-electron chi connectivity index (χ2n) is 6.66. The minimum Gasteiger partial charge on any atom is -0.300 e. The molecule has 0 unspecified atom stereocenters. The van der Waals surface area contributed by atoms with E-state index in [-0.39, 0.29) is 5.56 Å². The molecule has 1 aliphatic heterocycles. The maximum absolute atomic E-state index is 12.5. The van der Waals surface area contributed by atoms with Crippen LogP contribution in [0.2, 0.25) is 0 Å². The van der Waals surface area contributed by atoms with Crippen molar-refractivity contribution in [1.82, 2.24) is 35.1 Å². The van der Waals surface area contributed by atoms with Gasteiger partial charge in [-0.3, -0.25) is 14.3 Å². The normalized spacial score (nSPS) is 14.8. The van der Waals surface area contributed by atoms with Crippen LogP contribution in [0.4, 0.5) is 0 Å². The number of aromatic nitrogens is 6. The number of hydrogen-bond acceptors (Lipinski definition) is 6. The Morgan fingerprint density at radius 1 is 1.15 bits per heavy atom. The summed E-state index contributed by atoms with van der Waals surface area (Å²) in [5.74, 6) is 1.37. The average Bonchev–Trinajstić information content (AvgIpc) is 3.11. The number of rotatable bonds is 3. The van der Waals surface area contributed by atoms with Crippen molar-refractivity contribution in [2.75, 3.05) is 13.1 Å². The molecule has 0 fully saturated rings. The van der Waals surface area contributed by atoms with Gasteiger partial charge < -0.3 is 0 Å². The number of nitrogens with one attached hydrogen (secondary N) is 1. The Kier molecular flexibility index (Phi) is 4.34. The Bertz CT molecular complexity index is 960. The van der Waals surface area contributed by atoms with Gasteiger partial charge in [-0.05, 0) is 24.1 Å². The Morgan fingerprint density at radius 3 is 2.65 bits per heavy atom. The molecule has 0 bridgehead atoms. The van der Waals surface area contributed by atoms with E-state index < -0.39 is 0 Å². The topological polar surface area (TPSA) is 92.6 Å². The van der Waals surface area contributed by atoms with E-state index in [4.69, 9.17) is 0 Å². The molecule has 2 aromatic heterocycles. The molecule has 3 heterocycles. The Hall–Kier alpha value is -2.87. The van der Waals surface area contributed by atoms with Crippen LogP contribution in [0.3, 0.4) is 0 Å². The zero-order valence-corrected chi connectivity index (χ0v) is 14.9. The molecule has 1 aliphatic rings. The van der Waals surface area contributed by atoms with E-state index in [2.05, 4.69) is 42.6 Å². The fourth-order valence-corrected chi connectivity index (χ4v) is 3.37. The zero-order chi connectivity index (χ0) is 18.1. The summed E-state index contributed by atoms with van der Waals surface area (Å²) in [4.78, 5) is 19.5. The number of benzene rings is 1. The number of tetrazole rings is 1. The summed E-state index contributed by atoms with van der Waals surface area (Å²) >= 11 is 0. The van der Waals surface area contributed by atoms with E-state index in [0.717, 1.165) is 55.1 Å². The van der Waals surface area contributed by atoms with Crippen LogP contribution in [0, 0.1) is 6.92 Å². The summed E-state index contributed by atoms with van der Waals surface area (Å²) in [6.07, 6.45) is 1.56. The molecule has 0 amide bonds. The summed E-state index contributed by atoms with van der Waals surface area (Å²) in [5, 5.41) is 14.0. The first-order valence-electron chi connectivity index (χ1n) is 8.72. The van der Waals surface area contributed by atoms with E-state index in [0.29, 0.717) is 5.82 Å². The monoisotopic (exact) mass is 351 g/mol. The predicted octanol–water partition coefficient (Wildman–Crippen LogP) is 0.870. The molecule has 8 nitrogen and oxygen atoms in total. The minimum absolute atomic E-state index is 0.0961. The second kappa shape index (κ2) is 6.80. The molecule has 0 radical (unpaired) electrons. The Morgan fingerprint density at radius 2 is 1.92 bits per heavy atom. The quantitative estimate of drug-likeness (QED) is 0.753. The number of aryl methyl sites for hydroxylation is 1. The van der Waals surface area contributed by atoms with Gasteiger partial charge in [0.2, 0.25) is 5.82 Å². The highest BCUT2D eigenvalue weighted by atomic mass is 16.1. The SMILES string of the molecule is Cc1nc2c(c(=O)n1C)CCN(Cc1ccc(-c3nn[nH]n3)cc1)CC2. The van der Waals surface area contributed by atoms with Crippen LogP contribution in [-0.4, -0.2) is 48.2 Å². The van der Waals surface area contributed by atoms with Crippen LogP contribution in [0.25, 0.3) is 11.4 Å². The standard InChI is InChI=1S/C18H21N7O/c1-12-19-16-8-10-25(9-7-15(16)18(26)24(12)2)11-13-3-5-14(6-4-13)17-20-22-23-21-17/h3-6H,7-11H2,1-2H3,(H,20,21,22,23). The summed E-state index contributed by atoms with van der Waals surface area (Å²) in [6.45, 7) is 4.49. The third-order valence-electron chi connectivity index (χ3n) is 5.00. The van der Waals surface area contributed by atoms with Crippen LogP contribution < -0.4 is 5.56 Å². The summed E-state index contributed by atoms with van der Waals surface area (Å²) in [6, 6.07) is 8.19. The maximum Gasteiger partial charge on any atom is 0.256 e. The summed E-state index contributed by atoms with van der Waals surface area (Å²) < 4.78 is 1.64. The maximum atomic E-state index is 12.5. The largest absolute Gasteiger partial charge is 0.300 e. The number of H-pyrrole nitrogens is 1. The molecule has 1 aromatic carbocycles. The second-order valence-corrected chi connectivity index (χ2v) is 6.66. The number of hydrogen-bond donors (Lipinski definition) is 1. The minimum atomic E-state index is 0.0961. The molecule has 1 N–H and O–H groups in total. The molecular formula is C18H21N7O. The van der Waals surface area contributed by atoms with Gasteiger partial charge in [0.1, 0.15) is 5.82 Å². The third-order valence-corrected chi connectivity index (χ3v) is 5.00. The molecule has 4 rings (SSSR count). The van der Waals surface area contributed by atoms with Crippen molar-refractivity contribution >= 4 is 0 Å². The Balaban J connectivity index is 1.47. The van der Waals surface area contributed by atoms with Crippen molar-refractivity contribution in [3.8, 4) is 11.4 Å².